The molecule has 0 unspecified atom stereocenters. The van der Waals surface area contributed by atoms with Gasteiger partial charge < -0.3 is 0 Å². The van der Waals surface area contributed by atoms with Crippen LogP contribution in [0.1, 0.15) is 15.9 Å². The Morgan fingerprint density at radius 2 is 1.68 bits per heavy atom. The third kappa shape index (κ3) is 3.66. The zero-order chi connectivity index (χ0) is 19.5. The monoisotopic (exact) mass is 388 g/mol. The molecule has 0 saturated heterocycles. The van der Waals surface area contributed by atoms with Crippen molar-refractivity contribution in [2.45, 2.75) is 6.92 Å². The lowest BCUT2D eigenvalue weighted by atomic mass is 10.1. The number of aromatic nitrogens is 2. The highest BCUT2D eigenvalue weighted by Crippen LogP contribution is 2.29. The van der Waals surface area contributed by atoms with Crippen LogP contribution in [0, 0.1) is 6.92 Å². The molecular formula is C22H17ClN4O. The van der Waals surface area contributed by atoms with Crippen molar-refractivity contribution >= 4 is 34.4 Å². The summed E-state index contributed by atoms with van der Waals surface area (Å²) in [4.78, 5) is 21.6. The van der Waals surface area contributed by atoms with Gasteiger partial charge in [-0.15, -0.1) is 0 Å². The van der Waals surface area contributed by atoms with Gasteiger partial charge in [0.25, 0.3) is 5.91 Å². The summed E-state index contributed by atoms with van der Waals surface area (Å²) in [5, 5.41) is 1.45. The molecular weight excluding hydrogens is 372 g/mol. The van der Waals surface area contributed by atoms with E-state index in [1.807, 2.05) is 67.6 Å². The van der Waals surface area contributed by atoms with Gasteiger partial charge in [-0.1, -0.05) is 60.1 Å². The summed E-state index contributed by atoms with van der Waals surface area (Å²) in [6.07, 6.45) is 0. The third-order valence-corrected chi connectivity index (χ3v) is 4.62. The van der Waals surface area contributed by atoms with Gasteiger partial charge in [-0.05, 0) is 36.8 Å². The molecule has 2 N–H and O–H groups in total. The molecule has 4 rings (SSSR count). The van der Waals surface area contributed by atoms with Crippen LogP contribution in [0.4, 0.5) is 5.95 Å². The van der Waals surface area contributed by atoms with Crippen LogP contribution in [0.15, 0.2) is 72.8 Å². The fraction of sp³-hybridized carbons (Fsp3) is 0.0455. The molecule has 1 heterocycles. The Morgan fingerprint density at radius 3 is 2.46 bits per heavy atom. The smallest absolute Gasteiger partial charge is 0.267 e. The van der Waals surface area contributed by atoms with Crippen LogP contribution in [0.2, 0.25) is 5.02 Å². The number of aryl methyl sites for hydroxylation is 1. The van der Waals surface area contributed by atoms with Gasteiger partial charge in [-0.3, -0.25) is 15.6 Å². The highest BCUT2D eigenvalue weighted by atomic mass is 35.5. The lowest BCUT2D eigenvalue weighted by Crippen LogP contribution is -2.30. The fourth-order valence-corrected chi connectivity index (χ4v) is 3.15. The quantitative estimate of drug-likeness (QED) is 0.482. The van der Waals surface area contributed by atoms with Crippen molar-refractivity contribution in [1.82, 2.24) is 15.4 Å². The van der Waals surface area contributed by atoms with Gasteiger partial charge in [0.1, 0.15) is 0 Å². The van der Waals surface area contributed by atoms with E-state index in [1.165, 1.54) is 0 Å². The van der Waals surface area contributed by atoms with Gasteiger partial charge in [0, 0.05) is 21.5 Å². The van der Waals surface area contributed by atoms with Crippen molar-refractivity contribution < 1.29 is 4.79 Å². The van der Waals surface area contributed by atoms with Gasteiger partial charge >= 0.3 is 0 Å². The number of halogens is 1. The molecule has 5 nitrogen and oxygen atoms in total. The lowest BCUT2D eigenvalue weighted by molar-refractivity contribution is 0.0961. The number of carbonyl (C=O) groups is 1. The molecule has 0 aliphatic rings. The summed E-state index contributed by atoms with van der Waals surface area (Å²) in [7, 11) is 0. The van der Waals surface area contributed by atoms with E-state index in [1.54, 1.807) is 12.1 Å². The Morgan fingerprint density at radius 1 is 0.929 bits per heavy atom. The topological polar surface area (TPSA) is 66.9 Å². The molecule has 0 bridgehead atoms. The number of amides is 1. The summed E-state index contributed by atoms with van der Waals surface area (Å²) in [6.45, 7) is 1.89. The highest BCUT2D eigenvalue weighted by Gasteiger charge is 2.12. The van der Waals surface area contributed by atoms with E-state index >= 15 is 0 Å². The van der Waals surface area contributed by atoms with Crippen molar-refractivity contribution in [3.63, 3.8) is 0 Å². The average Bonchev–Trinajstić information content (AvgIpc) is 2.72. The second kappa shape index (κ2) is 7.66. The third-order valence-electron chi connectivity index (χ3n) is 4.38. The minimum atomic E-state index is -0.251. The maximum atomic E-state index is 12.5. The number of anilines is 1. The van der Waals surface area contributed by atoms with Gasteiger partial charge in [0.2, 0.25) is 5.95 Å². The molecule has 3 aromatic carbocycles. The molecule has 0 saturated carbocycles. The summed E-state index contributed by atoms with van der Waals surface area (Å²) < 4.78 is 0. The van der Waals surface area contributed by atoms with Crippen LogP contribution >= 0.6 is 11.6 Å². The minimum Gasteiger partial charge on any atom is -0.267 e. The first-order valence-electron chi connectivity index (χ1n) is 8.76. The van der Waals surface area contributed by atoms with Crippen LogP contribution in [0.3, 0.4) is 0 Å². The molecule has 1 aromatic heterocycles. The van der Waals surface area contributed by atoms with Gasteiger partial charge in [0.05, 0.1) is 11.2 Å². The van der Waals surface area contributed by atoms with E-state index in [0.717, 1.165) is 27.7 Å². The van der Waals surface area contributed by atoms with Crippen molar-refractivity contribution in [2.24, 2.45) is 0 Å². The number of nitrogens with one attached hydrogen (secondary N) is 2. The minimum absolute atomic E-state index is 0.251. The zero-order valence-corrected chi connectivity index (χ0v) is 15.9. The predicted molar refractivity (Wildman–Crippen MR) is 112 cm³/mol. The van der Waals surface area contributed by atoms with Crippen molar-refractivity contribution in [3.8, 4) is 11.3 Å². The van der Waals surface area contributed by atoms with E-state index < -0.39 is 0 Å². The Kier molecular flexibility index (Phi) is 4.91. The zero-order valence-electron chi connectivity index (χ0n) is 15.1. The average molecular weight is 389 g/mol. The van der Waals surface area contributed by atoms with Crippen molar-refractivity contribution in [3.05, 3.63) is 88.9 Å². The van der Waals surface area contributed by atoms with E-state index in [2.05, 4.69) is 20.8 Å². The summed E-state index contributed by atoms with van der Waals surface area (Å²) in [6, 6.07) is 22.6. The van der Waals surface area contributed by atoms with E-state index in [-0.39, 0.29) is 5.91 Å². The molecule has 4 aromatic rings. The molecule has 0 aliphatic heterocycles. The van der Waals surface area contributed by atoms with E-state index in [9.17, 15) is 4.79 Å². The molecule has 0 aliphatic carbocycles. The van der Waals surface area contributed by atoms with Gasteiger partial charge in [0.15, 0.2) is 0 Å². The first-order valence-corrected chi connectivity index (χ1v) is 9.14. The second-order valence-corrected chi connectivity index (χ2v) is 6.75. The molecule has 138 valence electrons. The van der Waals surface area contributed by atoms with Gasteiger partial charge in [-0.25, -0.2) is 9.97 Å². The second-order valence-electron chi connectivity index (χ2n) is 6.32. The molecule has 0 radical (unpaired) electrons. The Labute approximate surface area is 167 Å². The predicted octanol–water partition coefficient (Wildman–Crippen LogP) is 5.02. The molecule has 0 atom stereocenters. The fourth-order valence-electron chi connectivity index (χ4n) is 2.98. The number of rotatable bonds is 4. The Hall–Kier alpha value is -3.44. The molecule has 0 spiro atoms. The number of carbonyl (C=O) groups excluding carboxylic acids is 1. The molecule has 6 heteroatoms. The van der Waals surface area contributed by atoms with Gasteiger partial charge in [-0.2, -0.15) is 0 Å². The number of hydrazine groups is 1. The first-order chi connectivity index (χ1) is 13.6. The molecule has 28 heavy (non-hydrogen) atoms. The van der Waals surface area contributed by atoms with E-state index in [0.29, 0.717) is 16.5 Å². The summed E-state index contributed by atoms with van der Waals surface area (Å²) >= 11 is 6.18. The Balaban J connectivity index is 1.69. The van der Waals surface area contributed by atoms with Crippen LogP contribution in [-0.2, 0) is 0 Å². The van der Waals surface area contributed by atoms with Crippen LogP contribution in [0.5, 0.6) is 0 Å². The Bertz CT molecular complexity index is 1160. The normalized spacial score (nSPS) is 10.6. The molecule has 0 fully saturated rings. The number of benzene rings is 3. The van der Waals surface area contributed by atoms with Crippen molar-refractivity contribution in [1.29, 1.82) is 0 Å². The lowest BCUT2D eigenvalue weighted by Gasteiger charge is -2.12. The largest absolute Gasteiger partial charge is 0.269 e. The number of fused-ring (bicyclic) bond motifs is 1. The summed E-state index contributed by atoms with van der Waals surface area (Å²) in [5.41, 5.74) is 9.38. The van der Waals surface area contributed by atoms with E-state index in [4.69, 9.17) is 11.6 Å². The van der Waals surface area contributed by atoms with Crippen molar-refractivity contribution in [2.75, 3.05) is 5.43 Å². The number of nitrogens with zero attached hydrogens (tertiary/aromatic N) is 2. The highest BCUT2D eigenvalue weighted by molar-refractivity contribution is 6.31. The maximum absolute atomic E-state index is 12.5. The van der Waals surface area contributed by atoms with Crippen LogP contribution < -0.4 is 10.9 Å². The standard InChI is InChI=1S/C22H17ClN4O/c1-14-7-5-6-10-17(14)21(28)26-27-22-24-19-12-11-16(23)13-18(19)20(25-22)15-8-3-2-4-9-15/h2-13H,1H3,(H,26,28)(H,24,25,27). The molecule has 1 amide bonds. The van der Waals surface area contributed by atoms with Crippen LogP contribution in [-0.4, -0.2) is 15.9 Å². The summed E-state index contributed by atoms with van der Waals surface area (Å²) in [5.74, 6) is 0.0507. The first kappa shape index (κ1) is 17.9. The maximum Gasteiger partial charge on any atom is 0.269 e. The number of hydrogen-bond acceptors (Lipinski definition) is 4. The number of hydrogen-bond donors (Lipinski definition) is 2. The van der Waals surface area contributed by atoms with Crippen LogP contribution in [0.25, 0.3) is 22.2 Å². The SMILES string of the molecule is Cc1ccccc1C(=O)NNc1nc(-c2ccccc2)c2cc(Cl)ccc2n1.